The summed E-state index contributed by atoms with van der Waals surface area (Å²) in [6.07, 6.45) is 0.757. The first-order valence-corrected chi connectivity index (χ1v) is 12.0. The van der Waals surface area contributed by atoms with Crippen LogP contribution >= 0.6 is 0 Å². The average molecular weight is 497 g/mol. The summed E-state index contributed by atoms with van der Waals surface area (Å²) in [5.41, 5.74) is -0.326. The van der Waals surface area contributed by atoms with Gasteiger partial charge in [0.05, 0.1) is 24.3 Å². The number of fused-ring (bicyclic) bond motifs is 3. The van der Waals surface area contributed by atoms with Crippen LogP contribution in [0.15, 0.2) is 42.5 Å². The van der Waals surface area contributed by atoms with E-state index in [1.165, 1.54) is 36.1 Å². The molecule has 36 heavy (non-hydrogen) atoms. The zero-order valence-corrected chi connectivity index (χ0v) is 20.8. The Morgan fingerprint density at radius 3 is 2.53 bits per heavy atom. The standard InChI is InChI=1S/C27H30F2N4O3/c1-16(2)11-12-30-26(36)27(4)15-32-22-10-9-19(28)13-20(22)23(31-17(3)34)24(32)25(35)33(27)14-18-7-5-6-8-21(18)29/h5-10,13,16H,11-12,14-15H2,1-4H3,(H,30,36)(H,31,34)/t27-/m1/s1. The van der Waals surface area contributed by atoms with Crippen LogP contribution in [0.25, 0.3) is 10.9 Å². The molecular formula is C27H30F2N4O3. The molecule has 7 nitrogen and oxygen atoms in total. The number of hydrogen-bond acceptors (Lipinski definition) is 3. The normalized spacial score (nSPS) is 17.4. The smallest absolute Gasteiger partial charge is 0.273 e. The number of halogens is 2. The van der Waals surface area contributed by atoms with Crippen LogP contribution < -0.4 is 10.6 Å². The third kappa shape index (κ3) is 4.57. The second-order valence-corrected chi connectivity index (χ2v) is 9.85. The van der Waals surface area contributed by atoms with Crippen LogP contribution in [-0.4, -0.2) is 39.3 Å². The molecule has 1 atom stereocenters. The van der Waals surface area contributed by atoms with Gasteiger partial charge in [-0.1, -0.05) is 32.0 Å². The van der Waals surface area contributed by atoms with Gasteiger partial charge in [-0.15, -0.1) is 0 Å². The van der Waals surface area contributed by atoms with E-state index in [-0.39, 0.29) is 35.9 Å². The molecule has 190 valence electrons. The highest BCUT2D eigenvalue weighted by atomic mass is 19.1. The van der Waals surface area contributed by atoms with Crippen molar-refractivity contribution in [2.45, 2.75) is 52.7 Å². The van der Waals surface area contributed by atoms with E-state index in [4.69, 9.17) is 0 Å². The van der Waals surface area contributed by atoms with Gasteiger partial charge in [-0.2, -0.15) is 0 Å². The van der Waals surface area contributed by atoms with Crippen LogP contribution in [0.5, 0.6) is 0 Å². The lowest BCUT2D eigenvalue weighted by Gasteiger charge is -2.44. The molecule has 9 heteroatoms. The van der Waals surface area contributed by atoms with Gasteiger partial charge in [-0.3, -0.25) is 14.4 Å². The lowest BCUT2D eigenvalue weighted by molar-refractivity contribution is -0.133. The summed E-state index contributed by atoms with van der Waals surface area (Å²) in [6, 6.07) is 10.1. The molecular weight excluding hydrogens is 466 g/mol. The minimum atomic E-state index is -1.38. The van der Waals surface area contributed by atoms with Gasteiger partial charge >= 0.3 is 0 Å². The second-order valence-electron chi connectivity index (χ2n) is 9.85. The Balaban J connectivity index is 1.87. The zero-order chi connectivity index (χ0) is 26.2. The van der Waals surface area contributed by atoms with Crippen molar-refractivity contribution in [1.29, 1.82) is 0 Å². The number of hydrogen-bond donors (Lipinski definition) is 2. The minimum absolute atomic E-state index is 0.0394. The SMILES string of the molecule is CC(=O)Nc1c2n(c3ccc(F)cc13)C[C@](C)(C(=O)NCCC(C)C)N(Cc1ccccc1F)C2=O. The lowest BCUT2D eigenvalue weighted by atomic mass is 9.93. The fourth-order valence-corrected chi connectivity index (χ4v) is 4.66. The molecule has 4 rings (SSSR count). The Hall–Kier alpha value is -3.75. The van der Waals surface area contributed by atoms with Crippen LogP contribution in [0.3, 0.4) is 0 Å². The molecule has 2 heterocycles. The first kappa shape index (κ1) is 25.3. The maximum Gasteiger partial charge on any atom is 0.273 e. The molecule has 1 aliphatic heterocycles. The third-order valence-corrected chi connectivity index (χ3v) is 6.62. The Labute approximate surface area is 208 Å². The van der Waals surface area contributed by atoms with E-state index >= 15 is 0 Å². The van der Waals surface area contributed by atoms with Crippen LogP contribution in [0, 0.1) is 17.6 Å². The summed E-state index contributed by atoms with van der Waals surface area (Å²) in [6.45, 7) is 7.34. The molecule has 2 N–H and O–H groups in total. The topological polar surface area (TPSA) is 83.4 Å². The lowest BCUT2D eigenvalue weighted by Crippen LogP contribution is -2.63. The van der Waals surface area contributed by atoms with E-state index < -0.39 is 29.0 Å². The maximum atomic E-state index is 14.6. The number of nitrogens with one attached hydrogen (secondary N) is 2. The van der Waals surface area contributed by atoms with Crippen molar-refractivity contribution in [3.63, 3.8) is 0 Å². The van der Waals surface area contributed by atoms with Crippen LogP contribution in [-0.2, 0) is 22.7 Å². The second kappa shape index (κ2) is 9.72. The molecule has 1 aromatic heterocycles. The first-order chi connectivity index (χ1) is 17.0. The van der Waals surface area contributed by atoms with Crippen molar-refractivity contribution >= 4 is 34.3 Å². The Kier molecular flexibility index (Phi) is 6.84. The van der Waals surface area contributed by atoms with E-state index in [0.29, 0.717) is 23.4 Å². The monoisotopic (exact) mass is 496 g/mol. The largest absolute Gasteiger partial charge is 0.354 e. The summed E-state index contributed by atoms with van der Waals surface area (Å²) in [5, 5.41) is 5.95. The Morgan fingerprint density at radius 2 is 1.86 bits per heavy atom. The highest BCUT2D eigenvalue weighted by Crippen LogP contribution is 2.39. The number of anilines is 1. The molecule has 0 radical (unpaired) electrons. The zero-order valence-electron chi connectivity index (χ0n) is 20.8. The van der Waals surface area contributed by atoms with Crippen LogP contribution in [0.2, 0.25) is 0 Å². The van der Waals surface area contributed by atoms with Crippen LogP contribution in [0.4, 0.5) is 14.5 Å². The molecule has 2 aromatic carbocycles. The van der Waals surface area contributed by atoms with Gasteiger partial charge in [0.15, 0.2) is 0 Å². The third-order valence-electron chi connectivity index (χ3n) is 6.62. The number of rotatable bonds is 7. The molecule has 0 saturated carbocycles. The molecule has 3 amide bonds. The molecule has 1 aliphatic rings. The summed E-state index contributed by atoms with van der Waals surface area (Å²) >= 11 is 0. The number of amides is 3. The fraction of sp³-hybridized carbons (Fsp3) is 0.370. The molecule has 3 aromatic rings. The van der Waals surface area contributed by atoms with Gasteiger partial charge in [-0.05, 0) is 43.5 Å². The van der Waals surface area contributed by atoms with E-state index in [9.17, 15) is 23.2 Å². The van der Waals surface area contributed by atoms with Gasteiger partial charge < -0.3 is 20.1 Å². The summed E-state index contributed by atoms with van der Waals surface area (Å²) in [5.74, 6) is -2.02. The molecule has 0 bridgehead atoms. The Bertz CT molecular complexity index is 1350. The van der Waals surface area contributed by atoms with Crippen molar-refractivity contribution < 1.29 is 23.2 Å². The first-order valence-electron chi connectivity index (χ1n) is 12.0. The van der Waals surface area contributed by atoms with E-state index in [0.717, 1.165) is 6.42 Å². The van der Waals surface area contributed by atoms with E-state index in [1.807, 2.05) is 13.8 Å². The van der Waals surface area contributed by atoms with Crippen LogP contribution in [0.1, 0.15) is 50.2 Å². The summed E-state index contributed by atoms with van der Waals surface area (Å²) in [4.78, 5) is 41.0. The number of carbonyl (C=O) groups is 3. The van der Waals surface area contributed by atoms with Gasteiger partial charge in [0.1, 0.15) is 22.9 Å². The molecule has 0 fully saturated rings. The predicted octanol–water partition coefficient (Wildman–Crippen LogP) is 4.45. The minimum Gasteiger partial charge on any atom is -0.354 e. The van der Waals surface area contributed by atoms with Crippen molar-refractivity contribution in [3.8, 4) is 0 Å². The predicted molar refractivity (Wildman–Crippen MR) is 133 cm³/mol. The summed E-state index contributed by atoms with van der Waals surface area (Å²) in [7, 11) is 0. The fourth-order valence-electron chi connectivity index (χ4n) is 4.66. The van der Waals surface area contributed by atoms with E-state index in [1.54, 1.807) is 29.7 Å². The highest BCUT2D eigenvalue weighted by molar-refractivity contribution is 6.14. The molecule has 0 saturated heterocycles. The van der Waals surface area contributed by atoms with Crippen molar-refractivity contribution in [3.05, 3.63) is 65.4 Å². The van der Waals surface area contributed by atoms with E-state index in [2.05, 4.69) is 10.6 Å². The van der Waals surface area contributed by atoms with Gasteiger partial charge in [0.2, 0.25) is 11.8 Å². The molecule has 0 spiro atoms. The quantitative estimate of drug-likeness (QED) is 0.507. The van der Waals surface area contributed by atoms with Crippen molar-refractivity contribution in [2.75, 3.05) is 11.9 Å². The van der Waals surface area contributed by atoms with Gasteiger partial charge in [0.25, 0.3) is 5.91 Å². The number of nitrogens with zero attached hydrogens (tertiary/aromatic N) is 2. The van der Waals surface area contributed by atoms with Gasteiger partial charge in [0, 0.05) is 24.4 Å². The number of benzene rings is 2. The van der Waals surface area contributed by atoms with Crippen molar-refractivity contribution in [1.82, 2.24) is 14.8 Å². The number of aromatic nitrogens is 1. The van der Waals surface area contributed by atoms with Crippen molar-refractivity contribution in [2.24, 2.45) is 5.92 Å². The molecule has 0 aliphatic carbocycles. The summed E-state index contributed by atoms with van der Waals surface area (Å²) < 4.78 is 30.5. The van der Waals surface area contributed by atoms with Gasteiger partial charge in [-0.25, -0.2) is 8.78 Å². The highest BCUT2D eigenvalue weighted by Gasteiger charge is 2.49. The maximum absolute atomic E-state index is 14.6. The number of carbonyl (C=O) groups excluding carboxylic acids is 3. The average Bonchev–Trinajstić information content (AvgIpc) is 3.09. The molecule has 0 unspecified atom stereocenters. The Morgan fingerprint density at radius 1 is 1.14 bits per heavy atom.